The number of carbonyl (C=O) groups is 1. The highest BCUT2D eigenvalue weighted by molar-refractivity contribution is 5.92. The van der Waals surface area contributed by atoms with Gasteiger partial charge < -0.3 is 14.6 Å². The molecule has 0 unspecified atom stereocenters. The van der Waals surface area contributed by atoms with Gasteiger partial charge in [0.1, 0.15) is 5.76 Å². The molecule has 1 aromatic heterocycles. The maximum absolute atomic E-state index is 12.2. The van der Waals surface area contributed by atoms with Gasteiger partial charge in [-0.25, -0.2) is 4.98 Å². The fraction of sp³-hybridized carbons (Fsp3) is 0.474. The van der Waals surface area contributed by atoms with E-state index in [9.17, 15) is 4.79 Å². The van der Waals surface area contributed by atoms with Crippen LogP contribution in [-0.2, 0) is 11.2 Å². The summed E-state index contributed by atoms with van der Waals surface area (Å²) >= 11 is 0. The first-order valence-electron chi connectivity index (χ1n) is 8.59. The SMILES string of the molecule is Cc1nc(C)c(CC(=O)Nc2ccc(N3CCC(C)CC3)cc2)o1. The maximum Gasteiger partial charge on any atom is 0.232 e. The van der Waals surface area contributed by atoms with E-state index < -0.39 is 0 Å². The minimum absolute atomic E-state index is 0.0891. The molecule has 0 spiro atoms. The Morgan fingerprint density at radius 1 is 1.25 bits per heavy atom. The summed E-state index contributed by atoms with van der Waals surface area (Å²) in [6.07, 6.45) is 2.70. The highest BCUT2D eigenvalue weighted by Crippen LogP contribution is 2.24. The van der Waals surface area contributed by atoms with Gasteiger partial charge in [0.2, 0.25) is 5.91 Å². The van der Waals surface area contributed by atoms with Crippen molar-refractivity contribution in [1.29, 1.82) is 0 Å². The summed E-state index contributed by atoms with van der Waals surface area (Å²) in [4.78, 5) is 18.8. The Bertz CT molecular complexity index is 698. The number of anilines is 2. The average molecular weight is 327 g/mol. The second-order valence-electron chi connectivity index (χ2n) is 6.68. The predicted molar refractivity (Wildman–Crippen MR) is 95.4 cm³/mol. The molecule has 5 heteroatoms. The molecule has 0 bridgehead atoms. The fourth-order valence-corrected chi connectivity index (χ4v) is 3.11. The van der Waals surface area contributed by atoms with Crippen molar-refractivity contribution in [3.8, 4) is 0 Å². The number of hydrogen-bond donors (Lipinski definition) is 1. The van der Waals surface area contributed by atoms with E-state index >= 15 is 0 Å². The molecule has 1 aliphatic heterocycles. The zero-order chi connectivity index (χ0) is 17.1. The molecule has 1 amide bonds. The summed E-state index contributed by atoms with van der Waals surface area (Å²) < 4.78 is 5.45. The van der Waals surface area contributed by atoms with E-state index in [2.05, 4.69) is 34.3 Å². The third kappa shape index (κ3) is 3.96. The van der Waals surface area contributed by atoms with Gasteiger partial charge in [-0.15, -0.1) is 0 Å². The topological polar surface area (TPSA) is 58.4 Å². The summed E-state index contributed by atoms with van der Waals surface area (Å²) in [5.74, 6) is 1.95. The van der Waals surface area contributed by atoms with Crippen molar-refractivity contribution < 1.29 is 9.21 Å². The first-order valence-corrected chi connectivity index (χ1v) is 8.59. The fourth-order valence-electron chi connectivity index (χ4n) is 3.11. The summed E-state index contributed by atoms with van der Waals surface area (Å²) in [5, 5.41) is 2.92. The van der Waals surface area contributed by atoms with Crippen LogP contribution in [0.3, 0.4) is 0 Å². The monoisotopic (exact) mass is 327 g/mol. The summed E-state index contributed by atoms with van der Waals surface area (Å²) in [7, 11) is 0. The molecule has 3 rings (SSSR count). The highest BCUT2D eigenvalue weighted by Gasteiger charge is 2.16. The molecule has 1 saturated heterocycles. The number of hydrogen-bond acceptors (Lipinski definition) is 4. The van der Waals surface area contributed by atoms with Crippen LogP contribution in [0.4, 0.5) is 11.4 Å². The number of aryl methyl sites for hydroxylation is 2. The van der Waals surface area contributed by atoms with E-state index in [1.165, 1.54) is 18.5 Å². The lowest BCUT2D eigenvalue weighted by Gasteiger charge is -2.32. The summed E-state index contributed by atoms with van der Waals surface area (Å²) in [5.41, 5.74) is 2.81. The van der Waals surface area contributed by atoms with Crippen LogP contribution in [0.25, 0.3) is 0 Å². The van der Waals surface area contributed by atoms with Crippen molar-refractivity contribution in [3.63, 3.8) is 0 Å². The Kier molecular flexibility index (Phi) is 4.88. The van der Waals surface area contributed by atoms with Gasteiger partial charge in [-0.3, -0.25) is 4.79 Å². The van der Waals surface area contributed by atoms with Crippen LogP contribution in [0, 0.1) is 19.8 Å². The van der Waals surface area contributed by atoms with E-state index in [0.717, 1.165) is 30.4 Å². The number of rotatable bonds is 4. The van der Waals surface area contributed by atoms with Crippen LogP contribution in [0.5, 0.6) is 0 Å². The van der Waals surface area contributed by atoms with Crippen LogP contribution in [0.1, 0.15) is 37.1 Å². The van der Waals surface area contributed by atoms with Gasteiger partial charge >= 0.3 is 0 Å². The van der Waals surface area contributed by atoms with Crippen LogP contribution < -0.4 is 10.2 Å². The van der Waals surface area contributed by atoms with Gasteiger partial charge in [-0.1, -0.05) is 6.92 Å². The van der Waals surface area contributed by atoms with Gasteiger partial charge in [0.25, 0.3) is 0 Å². The number of benzene rings is 1. The van der Waals surface area contributed by atoms with E-state index in [4.69, 9.17) is 4.42 Å². The van der Waals surface area contributed by atoms with Gasteiger partial charge in [0, 0.05) is 31.4 Å². The lowest BCUT2D eigenvalue weighted by molar-refractivity contribution is -0.115. The molecule has 5 nitrogen and oxygen atoms in total. The maximum atomic E-state index is 12.2. The molecular weight excluding hydrogens is 302 g/mol. The van der Waals surface area contributed by atoms with Crippen molar-refractivity contribution in [1.82, 2.24) is 4.98 Å². The number of nitrogens with one attached hydrogen (secondary N) is 1. The van der Waals surface area contributed by atoms with Crippen molar-refractivity contribution in [2.75, 3.05) is 23.3 Å². The lowest BCUT2D eigenvalue weighted by Crippen LogP contribution is -2.32. The van der Waals surface area contributed by atoms with Crippen molar-refractivity contribution in [2.45, 2.75) is 40.0 Å². The highest BCUT2D eigenvalue weighted by atomic mass is 16.4. The molecule has 24 heavy (non-hydrogen) atoms. The van der Waals surface area contributed by atoms with E-state index in [1.807, 2.05) is 19.1 Å². The molecule has 0 aliphatic carbocycles. The first kappa shape index (κ1) is 16.6. The van der Waals surface area contributed by atoms with Gasteiger partial charge in [0.05, 0.1) is 12.1 Å². The molecule has 1 fully saturated rings. The van der Waals surface area contributed by atoms with Crippen molar-refractivity contribution in [3.05, 3.63) is 41.6 Å². The number of nitrogens with zero attached hydrogens (tertiary/aromatic N) is 2. The Morgan fingerprint density at radius 3 is 2.50 bits per heavy atom. The second-order valence-corrected chi connectivity index (χ2v) is 6.68. The van der Waals surface area contributed by atoms with Crippen LogP contribution in [-0.4, -0.2) is 24.0 Å². The van der Waals surface area contributed by atoms with Gasteiger partial charge in [-0.05, 0) is 49.9 Å². The average Bonchev–Trinajstić information content (AvgIpc) is 2.86. The van der Waals surface area contributed by atoms with E-state index in [1.54, 1.807) is 6.92 Å². The van der Waals surface area contributed by atoms with Gasteiger partial charge in [0.15, 0.2) is 5.89 Å². The molecular formula is C19H25N3O2. The Morgan fingerprint density at radius 2 is 1.92 bits per heavy atom. The molecule has 1 N–H and O–H groups in total. The van der Waals surface area contributed by atoms with E-state index in [0.29, 0.717) is 11.7 Å². The van der Waals surface area contributed by atoms with Crippen LogP contribution >= 0.6 is 0 Å². The summed E-state index contributed by atoms with van der Waals surface area (Å²) in [6.45, 7) is 8.17. The molecule has 128 valence electrons. The Balaban J connectivity index is 1.57. The Hall–Kier alpha value is -2.30. The smallest absolute Gasteiger partial charge is 0.232 e. The van der Waals surface area contributed by atoms with E-state index in [-0.39, 0.29) is 12.3 Å². The number of amides is 1. The Labute approximate surface area is 143 Å². The third-order valence-corrected chi connectivity index (χ3v) is 4.62. The lowest BCUT2D eigenvalue weighted by atomic mass is 9.99. The molecule has 0 saturated carbocycles. The number of aromatic nitrogens is 1. The molecule has 0 atom stereocenters. The van der Waals surface area contributed by atoms with Crippen molar-refractivity contribution >= 4 is 17.3 Å². The van der Waals surface area contributed by atoms with Gasteiger partial charge in [-0.2, -0.15) is 0 Å². The van der Waals surface area contributed by atoms with Crippen LogP contribution in [0.15, 0.2) is 28.7 Å². The zero-order valence-corrected chi connectivity index (χ0v) is 14.6. The molecule has 2 heterocycles. The molecule has 1 aromatic carbocycles. The largest absolute Gasteiger partial charge is 0.445 e. The summed E-state index contributed by atoms with van der Waals surface area (Å²) in [6, 6.07) is 8.08. The molecule has 0 radical (unpaired) electrons. The normalized spacial score (nSPS) is 15.5. The molecule has 1 aliphatic rings. The minimum atomic E-state index is -0.0891. The number of piperidine rings is 1. The minimum Gasteiger partial charge on any atom is -0.445 e. The second kappa shape index (κ2) is 7.07. The number of carbonyl (C=O) groups excluding carboxylic acids is 1. The van der Waals surface area contributed by atoms with Crippen molar-refractivity contribution in [2.24, 2.45) is 5.92 Å². The quantitative estimate of drug-likeness (QED) is 0.930. The first-order chi connectivity index (χ1) is 11.5. The van der Waals surface area contributed by atoms with Crippen LogP contribution in [0.2, 0.25) is 0 Å². The third-order valence-electron chi connectivity index (χ3n) is 4.62. The number of oxazole rings is 1. The zero-order valence-electron chi connectivity index (χ0n) is 14.6. The molecule has 2 aromatic rings. The standard InChI is InChI=1S/C19H25N3O2/c1-13-8-10-22(11-9-13)17-6-4-16(5-7-17)21-19(23)12-18-14(2)20-15(3)24-18/h4-7,13H,8-12H2,1-3H3,(H,21,23). The predicted octanol–water partition coefficient (Wildman–Crippen LogP) is 3.71.